The van der Waals surface area contributed by atoms with Gasteiger partial charge in [-0.2, -0.15) is 17.6 Å². The molecule has 0 bridgehead atoms. The summed E-state index contributed by atoms with van der Waals surface area (Å²) in [5.74, 6) is -0.365. The lowest BCUT2D eigenvalue weighted by molar-refractivity contribution is -0.140. The van der Waals surface area contributed by atoms with Gasteiger partial charge in [0.05, 0.1) is 24.7 Å². The van der Waals surface area contributed by atoms with E-state index in [-0.39, 0.29) is 35.0 Å². The number of furan rings is 1. The van der Waals surface area contributed by atoms with E-state index in [9.17, 15) is 22.2 Å². The fourth-order valence-electron chi connectivity index (χ4n) is 2.99. The van der Waals surface area contributed by atoms with Gasteiger partial charge in [0.1, 0.15) is 39.3 Å². The molecule has 0 N–H and O–H groups in total. The first-order chi connectivity index (χ1) is 15.9. The molecule has 7 nitrogen and oxygen atoms in total. The lowest BCUT2D eigenvalue weighted by atomic mass is 10.0. The molecule has 0 amide bonds. The van der Waals surface area contributed by atoms with E-state index in [4.69, 9.17) is 13.9 Å². The number of carbonyl (C=O) groups is 1. The van der Waals surface area contributed by atoms with E-state index >= 15 is 0 Å². The summed E-state index contributed by atoms with van der Waals surface area (Å²) in [6.45, 7) is 6.98. The lowest BCUT2D eigenvalue weighted by Crippen LogP contribution is -2.19. The molecule has 2 aromatic heterocycles. The van der Waals surface area contributed by atoms with Gasteiger partial charge in [-0.25, -0.2) is 14.0 Å². The number of esters is 1. The second-order valence-electron chi connectivity index (χ2n) is 8.11. The second-order valence-corrected chi connectivity index (χ2v) is 10.0. The molecule has 2 heterocycles. The average Bonchev–Trinajstić information content (AvgIpc) is 3.19. The van der Waals surface area contributed by atoms with Crippen LogP contribution >= 0.6 is 0 Å². The summed E-state index contributed by atoms with van der Waals surface area (Å²) in [4.78, 5) is 16.2. The third-order valence-corrected chi connectivity index (χ3v) is 5.99. The van der Waals surface area contributed by atoms with Crippen molar-refractivity contribution in [1.29, 1.82) is 0 Å². The highest BCUT2D eigenvalue weighted by Gasteiger charge is 2.33. The molecule has 0 saturated heterocycles. The zero-order valence-corrected chi connectivity index (χ0v) is 20.0. The normalized spacial score (nSPS) is 13.4. The molecule has 3 rings (SSSR count). The molecule has 0 aliphatic heterocycles. The molecule has 182 valence electrons. The first kappa shape index (κ1) is 25.4. The molecule has 0 spiro atoms. The van der Waals surface area contributed by atoms with E-state index in [1.54, 1.807) is 33.8 Å². The fraction of sp³-hybridized carbons (Fsp3) is 0.348. The van der Waals surface area contributed by atoms with Crippen LogP contribution in [0.2, 0.25) is 0 Å². The second kappa shape index (κ2) is 9.57. The molecule has 0 aliphatic rings. The highest BCUT2D eigenvalue weighted by atomic mass is 32.2. The third-order valence-electron chi connectivity index (χ3n) is 4.64. The number of fused-ring (bicyclic) bond motifs is 1. The molecule has 0 saturated carbocycles. The van der Waals surface area contributed by atoms with E-state index in [1.165, 1.54) is 31.5 Å². The standard InChI is InChI=1S/C23H23F3N2O5S/c1-6-32-21(29)15-11-17(33-18(15)12-27-34(30)22(2,3)4)13-7-9-16(31-5)20-14(13)8-10-19(28-20)23(24,25)26/h7-12H,6H2,1-5H3. The Kier molecular flexibility index (Phi) is 7.15. The van der Waals surface area contributed by atoms with Gasteiger partial charge in [0.15, 0.2) is 5.76 Å². The number of pyridine rings is 1. The monoisotopic (exact) mass is 496 g/mol. The molecule has 1 aromatic carbocycles. The van der Waals surface area contributed by atoms with Crippen LogP contribution in [0.1, 0.15) is 49.5 Å². The quantitative estimate of drug-likeness (QED) is 0.327. The van der Waals surface area contributed by atoms with Gasteiger partial charge in [0.25, 0.3) is 0 Å². The van der Waals surface area contributed by atoms with Crippen molar-refractivity contribution < 1.29 is 36.1 Å². The molecule has 34 heavy (non-hydrogen) atoms. The average molecular weight is 497 g/mol. The van der Waals surface area contributed by atoms with Crippen LogP contribution in [-0.4, -0.2) is 39.8 Å². The first-order valence-electron chi connectivity index (χ1n) is 10.2. The van der Waals surface area contributed by atoms with Gasteiger partial charge in [-0.15, -0.1) is 0 Å². The van der Waals surface area contributed by atoms with Crippen LogP contribution in [0.25, 0.3) is 22.2 Å². The molecule has 11 heteroatoms. The molecule has 0 radical (unpaired) electrons. The number of benzene rings is 1. The first-order valence-corrected chi connectivity index (χ1v) is 11.3. The van der Waals surface area contributed by atoms with Crippen molar-refractivity contribution >= 4 is 34.1 Å². The summed E-state index contributed by atoms with van der Waals surface area (Å²) in [5, 5.41) is 0.318. The van der Waals surface area contributed by atoms with Crippen molar-refractivity contribution in [2.45, 2.75) is 38.6 Å². The van der Waals surface area contributed by atoms with Crippen molar-refractivity contribution in [1.82, 2.24) is 4.98 Å². The Balaban J connectivity index is 2.19. The van der Waals surface area contributed by atoms with E-state index < -0.39 is 33.6 Å². The maximum Gasteiger partial charge on any atom is 0.433 e. The number of nitrogens with zero attached hydrogens (tertiary/aromatic N) is 2. The van der Waals surface area contributed by atoms with Crippen molar-refractivity contribution in [2.75, 3.05) is 13.7 Å². The molecular formula is C23H23F3N2O5S. The minimum atomic E-state index is -4.64. The molecule has 1 unspecified atom stereocenters. The number of carbonyl (C=O) groups excluding carboxylic acids is 1. The van der Waals surface area contributed by atoms with Gasteiger partial charge in [-0.1, -0.05) is 0 Å². The number of aromatic nitrogens is 1. The van der Waals surface area contributed by atoms with Crippen LogP contribution in [-0.2, 0) is 21.9 Å². The topological polar surface area (TPSA) is 91.0 Å². The summed E-state index contributed by atoms with van der Waals surface area (Å²) in [7, 11) is -0.286. The molecule has 1 atom stereocenters. The van der Waals surface area contributed by atoms with Crippen molar-refractivity contribution in [2.24, 2.45) is 4.40 Å². The van der Waals surface area contributed by atoms with Gasteiger partial charge < -0.3 is 13.9 Å². The predicted molar refractivity (Wildman–Crippen MR) is 122 cm³/mol. The summed E-state index contributed by atoms with van der Waals surface area (Å²) in [5.41, 5.74) is -0.679. The Morgan fingerprint density at radius 2 is 1.91 bits per heavy atom. The number of hydrogen-bond donors (Lipinski definition) is 0. The van der Waals surface area contributed by atoms with Gasteiger partial charge in [-0.05, 0) is 58.0 Å². The van der Waals surface area contributed by atoms with Crippen LogP contribution in [0.4, 0.5) is 13.2 Å². The summed E-state index contributed by atoms with van der Waals surface area (Å²) >= 11 is 0. The van der Waals surface area contributed by atoms with Crippen molar-refractivity contribution in [3.05, 3.63) is 47.3 Å². The lowest BCUT2D eigenvalue weighted by Gasteiger charge is -2.12. The smallest absolute Gasteiger partial charge is 0.433 e. The summed E-state index contributed by atoms with van der Waals surface area (Å²) in [6, 6.07) is 6.56. The summed E-state index contributed by atoms with van der Waals surface area (Å²) < 4.78 is 71.4. The maximum absolute atomic E-state index is 13.2. The Morgan fingerprint density at radius 1 is 1.21 bits per heavy atom. The van der Waals surface area contributed by atoms with E-state index in [0.717, 1.165) is 6.07 Å². The van der Waals surface area contributed by atoms with Gasteiger partial charge in [0.2, 0.25) is 0 Å². The highest BCUT2D eigenvalue weighted by molar-refractivity contribution is 7.85. The van der Waals surface area contributed by atoms with Gasteiger partial charge in [0, 0.05) is 10.9 Å². The Hall–Kier alpha value is -3.21. The number of ether oxygens (including phenoxy) is 2. The molecular weight excluding hydrogens is 473 g/mol. The number of rotatable bonds is 6. The van der Waals surface area contributed by atoms with E-state index in [1.807, 2.05) is 0 Å². The molecule has 0 aliphatic carbocycles. The third kappa shape index (κ3) is 5.30. The molecule has 0 fully saturated rings. The van der Waals surface area contributed by atoms with E-state index in [0.29, 0.717) is 10.9 Å². The Bertz CT molecular complexity index is 1280. The molecule has 3 aromatic rings. The van der Waals surface area contributed by atoms with Crippen LogP contribution in [0.15, 0.2) is 39.1 Å². The van der Waals surface area contributed by atoms with Crippen LogP contribution in [0, 0.1) is 0 Å². The van der Waals surface area contributed by atoms with Crippen LogP contribution in [0.3, 0.4) is 0 Å². The zero-order chi connectivity index (χ0) is 25.3. The van der Waals surface area contributed by atoms with Crippen LogP contribution < -0.4 is 4.74 Å². The van der Waals surface area contributed by atoms with Crippen molar-refractivity contribution in [3.63, 3.8) is 0 Å². The predicted octanol–water partition coefficient (Wildman–Crippen LogP) is 5.58. The largest absolute Gasteiger partial charge is 0.494 e. The number of alkyl halides is 3. The van der Waals surface area contributed by atoms with Gasteiger partial charge in [-0.3, -0.25) is 0 Å². The van der Waals surface area contributed by atoms with Crippen molar-refractivity contribution in [3.8, 4) is 17.1 Å². The van der Waals surface area contributed by atoms with Gasteiger partial charge >= 0.3 is 12.1 Å². The van der Waals surface area contributed by atoms with Crippen LogP contribution in [0.5, 0.6) is 5.75 Å². The number of hydrogen-bond acceptors (Lipinski definition) is 6. The number of halogens is 3. The summed E-state index contributed by atoms with van der Waals surface area (Å²) in [6.07, 6.45) is -3.45. The number of methoxy groups -OCH3 is 1. The minimum Gasteiger partial charge on any atom is -0.494 e. The zero-order valence-electron chi connectivity index (χ0n) is 19.1. The Morgan fingerprint density at radius 3 is 2.50 bits per heavy atom. The SMILES string of the molecule is CCOC(=O)c1cc(-c2ccc(OC)c3nc(C(F)(F)F)ccc23)oc1C=NS(=O)C(C)(C)C. The minimum absolute atomic E-state index is 0.00916. The highest BCUT2D eigenvalue weighted by Crippen LogP contribution is 2.38. The Labute approximate surface area is 196 Å². The van der Waals surface area contributed by atoms with E-state index in [2.05, 4.69) is 9.38 Å². The fourth-order valence-corrected chi connectivity index (χ4v) is 3.49. The maximum atomic E-state index is 13.2.